The average molecular weight is 345 g/mol. The molecule has 0 radical (unpaired) electrons. The highest BCUT2D eigenvalue weighted by Crippen LogP contribution is 2.32. The molecule has 2 aromatic carbocycles. The number of pyridine rings is 1. The van der Waals surface area contributed by atoms with Gasteiger partial charge in [0.05, 0.1) is 12.8 Å². The van der Waals surface area contributed by atoms with E-state index in [0.717, 1.165) is 39.3 Å². The Hall–Kier alpha value is -3.47. The Kier molecular flexibility index (Phi) is 4.19. The lowest BCUT2D eigenvalue weighted by atomic mass is 10.1. The van der Waals surface area contributed by atoms with Gasteiger partial charge in [0.25, 0.3) is 0 Å². The first-order valence-corrected chi connectivity index (χ1v) is 8.37. The van der Waals surface area contributed by atoms with Gasteiger partial charge in [-0.3, -0.25) is 0 Å². The highest BCUT2D eigenvalue weighted by atomic mass is 16.5. The second-order valence-corrected chi connectivity index (χ2v) is 6.06. The largest absolute Gasteiger partial charge is 0.508 e. The Morgan fingerprint density at radius 3 is 2.81 bits per heavy atom. The molecule has 0 aliphatic heterocycles. The van der Waals surface area contributed by atoms with Gasteiger partial charge in [-0.15, -0.1) is 0 Å². The zero-order valence-corrected chi connectivity index (χ0v) is 14.4. The zero-order valence-electron chi connectivity index (χ0n) is 14.4. The summed E-state index contributed by atoms with van der Waals surface area (Å²) in [4.78, 5) is 7.69. The molecule has 4 aromatic rings. The third kappa shape index (κ3) is 3.19. The first-order valence-electron chi connectivity index (χ1n) is 8.37. The van der Waals surface area contributed by atoms with E-state index in [4.69, 9.17) is 4.74 Å². The molecule has 5 nitrogen and oxygen atoms in total. The number of aromatic hydroxyl groups is 1. The van der Waals surface area contributed by atoms with Gasteiger partial charge < -0.3 is 20.1 Å². The molecule has 3 N–H and O–H groups in total. The zero-order chi connectivity index (χ0) is 17.9. The molecule has 0 fully saturated rings. The molecule has 0 bridgehead atoms. The molecule has 0 aliphatic rings. The van der Waals surface area contributed by atoms with E-state index in [-0.39, 0.29) is 5.75 Å². The van der Waals surface area contributed by atoms with E-state index < -0.39 is 0 Å². The van der Waals surface area contributed by atoms with E-state index in [1.807, 2.05) is 42.5 Å². The molecule has 2 heterocycles. The molecule has 0 atom stereocenters. The summed E-state index contributed by atoms with van der Waals surface area (Å²) in [5.74, 6) is 1.03. The van der Waals surface area contributed by atoms with Gasteiger partial charge in [-0.25, -0.2) is 4.98 Å². The lowest BCUT2D eigenvalue weighted by molar-refractivity contribution is 0.416. The number of methoxy groups -OCH3 is 1. The minimum absolute atomic E-state index is 0.260. The molecular formula is C21H19N3O2. The molecule has 0 saturated carbocycles. The first kappa shape index (κ1) is 16.0. The molecule has 0 unspecified atom stereocenters. The van der Waals surface area contributed by atoms with Crippen LogP contribution >= 0.6 is 0 Å². The van der Waals surface area contributed by atoms with E-state index in [9.17, 15) is 5.11 Å². The highest BCUT2D eigenvalue weighted by Gasteiger charge is 2.09. The van der Waals surface area contributed by atoms with Crippen LogP contribution in [0.3, 0.4) is 0 Å². The number of nitrogens with one attached hydrogen (secondary N) is 2. The number of rotatable bonds is 5. The highest BCUT2D eigenvalue weighted by molar-refractivity contribution is 5.84. The van der Waals surface area contributed by atoms with Gasteiger partial charge in [0, 0.05) is 29.4 Å². The summed E-state index contributed by atoms with van der Waals surface area (Å²) in [6.45, 7) is 0.586. The second-order valence-electron chi connectivity index (χ2n) is 6.06. The smallest absolute Gasteiger partial charge is 0.142 e. The van der Waals surface area contributed by atoms with Crippen LogP contribution in [0.2, 0.25) is 0 Å². The molecule has 26 heavy (non-hydrogen) atoms. The van der Waals surface area contributed by atoms with E-state index in [1.165, 1.54) is 0 Å². The maximum absolute atomic E-state index is 9.61. The number of anilines is 1. The number of ether oxygens (including phenoxy) is 1. The molecule has 2 aromatic heterocycles. The molecule has 0 aliphatic carbocycles. The number of hydrogen-bond donors (Lipinski definition) is 3. The van der Waals surface area contributed by atoms with Crippen molar-refractivity contribution in [2.24, 2.45) is 0 Å². The van der Waals surface area contributed by atoms with Crippen LogP contribution in [0.15, 0.2) is 66.9 Å². The van der Waals surface area contributed by atoms with Crippen LogP contribution in [0.25, 0.3) is 22.3 Å². The molecule has 130 valence electrons. The van der Waals surface area contributed by atoms with Crippen LogP contribution < -0.4 is 10.1 Å². The van der Waals surface area contributed by atoms with Crippen molar-refractivity contribution in [2.75, 3.05) is 12.4 Å². The number of H-pyrrole nitrogens is 1. The van der Waals surface area contributed by atoms with Gasteiger partial charge in [-0.2, -0.15) is 0 Å². The number of hydrogen-bond acceptors (Lipinski definition) is 4. The van der Waals surface area contributed by atoms with E-state index >= 15 is 0 Å². The van der Waals surface area contributed by atoms with Crippen LogP contribution in [0, 0.1) is 0 Å². The Bertz CT molecular complexity index is 1020. The third-order valence-corrected chi connectivity index (χ3v) is 4.30. The van der Waals surface area contributed by atoms with E-state index in [1.54, 1.807) is 25.4 Å². The van der Waals surface area contributed by atoms with E-state index in [2.05, 4.69) is 21.4 Å². The molecular weight excluding hydrogens is 326 g/mol. The van der Waals surface area contributed by atoms with Crippen molar-refractivity contribution in [1.82, 2.24) is 9.97 Å². The van der Waals surface area contributed by atoms with Crippen LogP contribution in [0.4, 0.5) is 5.69 Å². The van der Waals surface area contributed by atoms with Crippen molar-refractivity contribution in [3.63, 3.8) is 0 Å². The maximum Gasteiger partial charge on any atom is 0.142 e. The lowest BCUT2D eigenvalue weighted by Gasteiger charge is -2.13. The molecule has 0 amide bonds. The monoisotopic (exact) mass is 345 g/mol. The van der Waals surface area contributed by atoms with Gasteiger partial charge in [0.15, 0.2) is 0 Å². The SMILES string of the molecule is COc1ccc(-c2cc3cccnc3[nH]2)cc1NCc1cccc(O)c1. The van der Waals surface area contributed by atoms with Gasteiger partial charge in [0.2, 0.25) is 0 Å². The fourth-order valence-electron chi connectivity index (χ4n) is 2.99. The van der Waals surface area contributed by atoms with Crippen molar-refractivity contribution in [1.29, 1.82) is 0 Å². The van der Waals surface area contributed by atoms with Crippen molar-refractivity contribution in [3.05, 3.63) is 72.4 Å². The number of fused-ring (bicyclic) bond motifs is 1. The number of benzene rings is 2. The standard InChI is InChI=1S/C21H19N3O2/c1-26-20-8-7-15(18-12-16-5-3-9-22-21(16)24-18)11-19(20)23-13-14-4-2-6-17(25)10-14/h2-12,23,25H,13H2,1H3,(H,22,24). The number of nitrogens with zero attached hydrogens (tertiary/aromatic N) is 1. The first-order chi connectivity index (χ1) is 12.7. The Morgan fingerprint density at radius 1 is 1.08 bits per heavy atom. The van der Waals surface area contributed by atoms with Crippen molar-refractivity contribution in [2.45, 2.75) is 6.54 Å². The van der Waals surface area contributed by atoms with Crippen LogP contribution in [-0.4, -0.2) is 22.2 Å². The minimum Gasteiger partial charge on any atom is -0.508 e. The number of phenolic OH excluding ortho intramolecular Hbond substituents is 1. The summed E-state index contributed by atoms with van der Waals surface area (Å²) in [5, 5.41) is 14.1. The molecule has 0 saturated heterocycles. The summed E-state index contributed by atoms with van der Waals surface area (Å²) in [6, 6.07) is 19.3. The van der Waals surface area contributed by atoms with Crippen molar-refractivity contribution >= 4 is 16.7 Å². The normalized spacial score (nSPS) is 10.8. The fourth-order valence-corrected chi connectivity index (χ4v) is 2.99. The predicted octanol–water partition coefficient (Wildman–Crippen LogP) is 4.56. The number of aromatic amines is 1. The fraction of sp³-hybridized carbons (Fsp3) is 0.0952. The van der Waals surface area contributed by atoms with Gasteiger partial charge in [-0.1, -0.05) is 12.1 Å². The van der Waals surface area contributed by atoms with E-state index in [0.29, 0.717) is 6.54 Å². The molecule has 0 spiro atoms. The van der Waals surface area contributed by atoms with Crippen molar-refractivity contribution < 1.29 is 9.84 Å². The van der Waals surface area contributed by atoms with Crippen LogP contribution in [0.5, 0.6) is 11.5 Å². The lowest BCUT2D eigenvalue weighted by Crippen LogP contribution is -2.01. The summed E-state index contributed by atoms with van der Waals surface area (Å²) >= 11 is 0. The van der Waals surface area contributed by atoms with Gasteiger partial charge in [0.1, 0.15) is 17.1 Å². The quantitative estimate of drug-likeness (QED) is 0.496. The van der Waals surface area contributed by atoms with Gasteiger partial charge in [-0.05, 0) is 54.1 Å². The number of phenols is 1. The minimum atomic E-state index is 0.260. The second kappa shape index (κ2) is 6.80. The topological polar surface area (TPSA) is 70.2 Å². The van der Waals surface area contributed by atoms with Crippen LogP contribution in [-0.2, 0) is 6.54 Å². The van der Waals surface area contributed by atoms with Gasteiger partial charge >= 0.3 is 0 Å². The average Bonchev–Trinajstić information content (AvgIpc) is 3.10. The summed E-state index contributed by atoms with van der Waals surface area (Å²) in [6.07, 6.45) is 1.78. The molecule has 4 rings (SSSR count). The Labute approximate surface area is 151 Å². The summed E-state index contributed by atoms with van der Waals surface area (Å²) in [5.41, 5.74) is 4.80. The summed E-state index contributed by atoms with van der Waals surface area (Å²) in [7, 11) is 1.65. The van der Waals surface area contributed by atoms with Crippen LogP contribution in [0.1, 0.15) is 5.56 Å². The van der Waals surface area contributed by atoms with Crippen molar-refractivity contribution in [3.8, 4) is 22.8 Å². The molecule has 5 heteroatoms. The summed E-state index contributed by atoms with van der Waals surface area (Å²) < 4.78 is 5.47. The maximum atomic E-state index is 9.61. The Balaban J connectivity index is 1.64. The third-order valence-electron chi connectivity index (χ3n) is 4.30. The Morgan fingerprint density at radius 2 is 2.00 bits per heavy atom. The predicted molar refractivity (Wildman–Crippen MR) is 104 cm³/mol. The number of aromatic nitrogens is 2.